The number of amides is 1. The number of rotatable bonds is 4. The van der Waals surface area contributed by atoms with Crippen LogP contribution in [0.2, 0.25) is 0 Å². The van der Waals surface area contributed by atoms with E-state index in [1.54, 1.807) is 13.8 Å². The fraction of sp³-hybridized carbons (Fsp3) is 0.714. The average Bonchev–Trinajstić information content (AvgIpc) is 1.99. The van der Waals surface area contributed by atoms with Crippen molar-refractivity contribution >= 4 is 62.0 Å². The van der Waals surface area contributed by atoms with Gasteiger partial charge in [0.2, 0.25) is 0 Å². The summed E-state index contributed by atoms with van der Waals surface area (Å²) in [4.78, 5) is 21.9. The van der Waals surface area contributed by atoms with Gasteiger partial charge in [0.25, 0.3) is 0 Å². The standard InChI is InChI=1S/C7H13NO3.4ClH/c1-3-6(5-9)8(4-2)7(10)11;;;;/h5-6H,3-4H2,1-2H3,(H,10,11);4*1H. The maximum Gasteiger partial charge on any atom is 0.407 e. The molecule has 8 heteroatoms. The lowest BCUT2D eigenvalue weighted by Crippen LogP contribution is -2.39. The third-order valence-corrected chi connectivity index (χ3v) is 1.56. The molecule has 0 aliphatic carbocycles. The lowest BCUT2D eigenvalue weighted by atomic mass is 10.2. The van der Waals surface area contributed by atoms with Crippen LogP contribution in [0.3, 0.4) is 0 Å². The van der Waals surface area contributed by atoms with E-state index in [0.29, 0.717) is 19.3 Å². The molecule has 0 aromatic carbocycles. The number of aldehydes is 1. The zero-order valence-corrected chi connectivity index (χ0v) is 11.7. The maximum atomic E-state index is 10.5. The van der Waals surface area contributed by atoms with Gasteiger partial charge >= 0.3 is 6.09 Å². The Kier molecular flexibility index (Phi) is 32.4. The van der Waals surface area contributed by atoms with E-state index in [2.05, 4.69) is 0 Å². The van der Waals surface area contributed by atoms with Crippen LogP contribution in [0.15, 0.2) is 0 Å². The average molecular weight is 305 g/mol. The monoisotopic (exact) mass is 303 g/mol. The normalized spacial score (nSPS) is 8.93. The summed E-state index contributed by atoms with van der Waals surface area (Å²) in [6, 6.07) is -0.488. The van der Waals surface area contributed by atoms with Gasteiger partial charge in [-0.2, -0.15) is 0 Å². The molecule has 1 unspecified atom stereocenters. The van der Waals surface area contributed by atoms with E-state index in [4.69, 9.17) is 5.11 Å². The summed E-state index contributed by atoms with van der Waals surface area (Å²) in [5.74, 6) is 0. The second kappa shape index (κ2) is 16.5. The fourth-order valence-corrected chi connectivity index (χ4v) is 0.902. The van der Waals surface area contributed by atoms with Crippen LogP contribution < -0.4 is 0 Å². The van der Waals surface area contributed by atoms with E-state index in [1.165, 1.54) is 0 Å². The van der Waals surface area contributed by atoms with Gasteiger partial charge in [0, 0.05) is 6.54 Å². The third kappa shape index (κ3) is 10.4. The van der Waals surface area contributed by atoms with Crippen LogP contribution in [-0.2, 0) is 4.79 Å². The molecule has 96 valence electrons. The molecular formula is C7H17Cl4NO3. The zero-order chi connectivity index (χ0) is 8.85. The lowest BCUT2D eigenvalue weighted by Gasteiger charge is -2.22. The molecule has 1 N–H and O–H groups in total. The number of likely N-dealkylation sites (N-methyl/N-ethyl adjacent to an activating group) is 1. The molecule has 0 bridgehead atoms. The smallest absolute Gasteiger partial charge is 0.407 e. The summed E-state index contributed by atoms with van der Waals surface area (Å²) in [6.07, 6.45) is 0.160. The minimum atomic E-state index is -1.04. The summed E-state index contributed by atoms with van der Waals surface area (Å²) in [5.41, 5.74) is 0. The number of hydrogen-bond acceptors (Lipinski definition) is 2. The summed E-state index contributed by atoms with van der Waals surface area (Å²) in [6.45, 7) is 3.84. The number of nitrogens with zero attached hydrogens (tertiary/aromatic N) is 1. The maximum absolute atomic E-state index is 10.5. The molecule has 4 nitrogen and oxygen atoms in total. The van der Waals surface area contributed by atoms with Gasteiger partial charge in [0.15, 0.2) is 0 Å². The van der Waals surface area contributed by atoms with Crippen LogP contribution in [0, 0.1) is 0 Å². The number of carbonyl (C=O) groups excluding carboxylic acids is 1. The topological polar surface area (TPSA) is 57.6 Å². The van der Waals surface area contributed by atoms with Crippen molar-refractivity contribution < 1.29 is 14.7 Å². The Morgan fingerprint density at radius 3 is 1.73 bits per heavy atom. The fourth-order valence-electron chi connectivity index (χ4n) is 0.902. The van der Waals surface area contributed by atoms with Crippen LogP contribution in [0.4, 0.5) is 4.79 Å². The Morgan fingerprint density at radius 2 is 1.67 bits per heavy atom. The highest BCUT2D eigenvalue weighted by Crippen LogP contribution is 2.00. The highest BCUT2D eigenvalue weighted by atomic mass is 35.5. The van der Waals surface area contributed by atoms with Crippen LogP contribution in [0.5, 0.6) is 0 Å². The summed E-state index contributed by atoms with van der Waals surface area (Å²) < 4.78 is 0. The Labute approximate surface area is 114 Å². The van der Waals surface area contributed by atoms with Crippen molar-refractivity contribution in [1.82, 2.24) is 4.90 Å². The molecule has 1 amide bonds. The highest BCUT2D eigenvalue weighted by molar-refractivity contribution is 5.86. The SMILES string of the molecule is CCC(C=O)N(CC)C(=O)O.Cl.Cl.Cl.Cl. The minimum absolute atomic E-state index is 0. The van der Waals surface area contributed by atoms with Gasteiger partial charge in [0.05, 0.1) is 6.04 Å². The molecule has 15 heavy (non-hydrogen) atoms. The first-order valence-electron chi connectivity index (χ1n) is 3.62. The quantitative estimate of drug-likeness (QED) is 0.812. The second-order valence-corrected chi connectivity index (χ2v) is 2.18. The van der Waals surface area contributed by atoms with E-state index >= 15 is 0 Å². The Bertz CT molecular complexity index is 159. The first-order valence-corrected chi connectivity index (χ1v) is 3.62. The lowest BCUT2D eigenvalue weighted by molar-refractivity contribution is -0.112. The Hall–Kier alpha value is 0.1000. The zero-order valence-electron chi connectivity index (χ0n) is 8.41. The van der Waals surface area contributed by atoms with Gasteiger partial charge in [-0.15, -0.1) is 49.6 Å². The molecule has 0 saturated heterocycles. The summed E-state index contributed by atoms with van der Waals surface area (Å²) >= 11 is 0. The molecular weight excluding hydrogens is 288 g/mol. The molecule has 0 rings (SSSR count). The molecule has 0 aliphatic rings. The minimum Gasteiger partial charge on any atom is -0.465 e. The van der Waals surface area contributed by atoms with E-state index in [-0.39, 0.29) is 49.6 Å². The van der Waals surface area contributed by atoms with Crippen LogP contribution >= 0.6 is 49.6 Å². The molecule has 1 atom stereocenters. The molecule has 0 saturated carbocycles. The van der Waals surface area contributed by atoms with E-state index in [1.807, 2.05) is 0 Å². The molecule has 0 heterocycles. The van der Waals surface area contributed by atoms with Crippen molar-refractivity contribution in [2.24, 2.45) is 0 Å². The van der Waals surface area contributed by atoms with Gasteiger partial charge in [-0.25, -0.2) is 4.79 Å². The largest absolute Gasteiger partial charge is 0.465 e. The molecule has 0 radical (unpaired) electrons. The van der Waals surface area contributed by atoms with Crippen LogP contribution in [0.1, 0.15) is 20.3 Å². The van der Waals surface area contributed by atoms with E-state index in [9.17, 15) is 9.59 Å². The number of hydrogen-bond donors (Lipinski definition) is 1. The van der Waals surface area contributed by atoms with Gasteiger partial charge in [-0.3, -0.25) is 4.90 Å². The van der Waals surface area contributed by atoms with Gasteiger partial charge in [-0.1, -0.05) is 6.92 Å². The molecule has 0 aromatic rings. The van der Waals surface area contributed by atoms with Crippen LogP contribution in [-0.4, -0.2) is 35.0 Å². The van der Waals surface area contributed by atoms with Crippen LogP contribution in [0.25, 0.3) is 0 Å². The van der Waals surface area contributed by atoms with Crippen molar-refractivity contribution in [2.75, 3.05) is 6.54 Å². The van der Waals surface area contributed by atoms with Crippen molar-refractivity contribution in [3.63, 3.8) is 0 Å². The van der Waals surface area contributed by atoms with Crippen molar-refractivity contribution in [3.05, 3.63) is 0 Å². The summed E-state index contributed by atoms with van der Waals surface area (Å²) in [7, 11) is 0. The third-order valence-electron chi connectivity index (χ3n) is 1.56. The van der Waals surface area contributed by atoms with Gasteiger partial charge in [-0.05, 0) is 13.3 Å². The van der Waals surface area contributed by atoms with Gasteiger partial charge < -0.3 is 9.90 Å². The summed E-state index contributed by atoms with van der Waals surface area (Å²) in [5, 5.41) is 8.57. The predicted molar refractivity (Wildman–Crippen MR) is 69.5 cm³/mol. The Balaban J connectivity index is -0.0000000833. The number of carboxylic acid groups (broad SMARTS) is 1. The molecule has 0 aromatic heterocycles. The second-order valence-electron chi connectivity index (χ2n) is 2.18. The first-order chi connectivity index (χ1) is 5.17. The number of halogens is 4. The van der Waals surface area contributed by atoms with E-state index < -0.39 is 12.1 Å². The van der Waals surface area contributed by atoms with Gasteiger partial charge in [0.1, 0.15) is 6.29 Å². The first kappa shape index (κ1) is 29.4. The van der Waals surface area contributed by atoms with E-state index in [0.717, 1.165) is 4.90 Å². The highest BCUT2D eigenvalue weighted by Gasteiger charge is 2.18. The molecule has 0 aliphatic heterocycles. The molecule has 0 fully saturated rings. The molecule has 0 spiro atoms. The van der Waals surface area contributed by atoms with Crippen molar-refractivity contribution in [1.29, 1.82) is 0 Å². The predicted octanol–water partition coefficient (Wildman–Crippen LogP) is 2.65. The van der Waals surface area contributed by atoms with Crippen molar-refractivity contribution in [2.45, 2.75) is 26.3 Å². The van der Waals surface area contributed by atoms with Crippen molar-refractivity contribution in [3.8, 4) is 0 Å². The Morgan fingerprint density at radius 1 is 1.27 bits per heavy atom. The number of carbonyl (C=O) groups is 2.